The maximum Gasteiger partial charge on any atom is 0.307 e. The third-order valence-electron chi connectivity index (χ3n) is 5.02. The Bertz CT molecular complexity index is 1240. The van der Waals surface area contributed by atoms with E-state index in [0.29, 0.717) is 12.1 Å². The summed E-state index contributed by atoms with van der Waals surface area (Å²) in [6.07, 6.45) is 0.620. The number of hydrogen-bond donors (Lipinski definition) is 2. The molecule has 0 radical (unpaired) electrons. The van der Waals surface area contributed by atoms with Crippen molar-refractivity contribution in [2.45, 2.75) is 24.7 Å². The average molecular weight is 393 g/mol. The van der Waals surface area contributed by atoms with E-state index in [1.54, 1.807) is 30.3 Å². The van der Waals surface area contributed by atoms with Gasteiger partial charge in [0.15, 0.2) is 0 Å². The molecule has 0 saturated carbocycles. The zero-order valence-electron chi connectivity index (χ0n) is 15.3. The highest BCUT2D eigenvalue weighted by atomic mass is 32.2. The Morgan fingerprint density at radius 1 is 1.04 bits per heavy atom. The third-order valence-corrected chi connectivity index (χ3v) is 6.40. The molecule has 1 aliphatic carbocycles. The Balaban J connectivity index is 1.67. The standard InChI is InChI=1S/C22H19NO4S/c1-14-10-17-6-8-18(12-21(17)20(14)13-22(24)25)23-28(26,27)19-9-7-15-4-2-3-5-16(15)11-19/h2-9,11-12,23H,10,13H2,1H3,(H,24,25). The predicted octanol–water partition coefficient (Wildman–Crippen LogP) is 4.44. The van der Waals surface area contributed by atoms with Crippen LogP contribution in [0.5, 0.6) is 0 Å². The third kappa shape index (κ3) is 3.39. The molecule has 4 rings (SSSR count). The molecular formula is C22H19NO4S. The van der Waals surface area contributed by atoms with Crippen molar-refractivity contribution in [3.8, 4) is 0 Å². The number of anilines is 1. The minimum Gasteiger partial charge on any atom is -0.481 e. The van der Waals surface area contributed by atoms with E-state index in [1.807, 2.05) is 37.3 Å². The van der Waals surface area contributed by atoms with Crippen molar-refractivity contribution in [2.75, 3.05) is 4.72 Å². The van der Waals surface area contributed by atoms with Crippen molar-refractivity contribution in [3.63, 3.8) is 0 Å². The number of fused-ring (bicyclic) bond motifs is 2. The van der Waals surface area contributed by atoms with Gasteiger partial charge in [-0.1, -0.05) is 42.0 Å². The van der Waals surface area contributed by atoms with Crippen LogP contribution in [0, 0.1) is 0 Å². The summed E-state index contributed by atoms with van der Waals surface area (Å²) in [5.74, 6) is -0.899. The van der Waals surface area contributed by atoms with Crippen LogP contribution >= 0.6 is 0 Å². The Morgan fingerprint density at radius 3 is 2.54 bits per heavy atom. The molecule has 0 fully saturated rings. The zero-order chi connectivity index (χ0) is 19.9. The van der Waals surface area contributed by atoms with Crippen molar-refractivity contribution in [3.05, 3.63) is 77.4 Å². The first-order chi connectivity index (χ1) is 13.3. The lowest BCUT2D eigenvalue weighted by Crippen LogP contribution is -2.13. The van der Waals surface area contributed by atoms with Gasteiger partial charge in [0.2, 0.25) is 0 Å². The fourth-order valence-electron chi connectivity index (χ4n) is 3.64. The second-order valence-corrected chi connectivity index (χ2v) is 8.67. The molecule has 0 saturated heterocycles. The van der Waals surface area contributed by atoms with Crippen LogP contribution in [-0.2, 0) is 21.2 Å². The van der Waals surface area contributed by atoms with Gasteiger partial charge in [0.05, 0.1) is 11.3 Å². The summed E-state index contributed by atoms with van der Waals surface area (Å²) in [5.41, 5.74) is 4.01. The van der Waals surface area contributed by atoms with Crippen LogP contribution in [0.15, 0.2) is 71.1 Å². The summed E-state index contributed by atoms with van der Waals surface area (Å²) in [5, 5.41) is 11.0. The molecule has 0 spiro atoms. The van der Waals surface area contributed by atoms with Gasteiger partial charge in [-0.2, -0.15) is 0 Å². The minimum absolute atomic E-state index is 0.0697. The molecule has 0 bridgehead atoms. The van der Waals surface area contributed by atoms with Crippen LogP contribution in [0.4, 0.5) is 5.69 Å². The lowest BCUT2D eigenvalue weighted by Gasteiger charge is -2.11. The number of allylic oxidation sites excluding steroid dienone is 1. The summed E-state index contributed by atoms with van der Waals surface area (Å²) >= 11 is 0. The molecule has 0 aliphatic heterocycles. The molecule has 5 nitrogen and oxygen atoms in total. The minimum atomic E-state index is -3.76. The molecule has 0 aromatic heterocycles. The number of carboxylic acid groups (broad SMARTS) is 1. The predicted molar refractivity (Wildman–Crippen MR) is 110 cm³/mol. The quantitative estimate of drug-likeness (QED) is 0.671. The first kappa shape index (κ1) is 18.3. The maximum atomic E-state index is 12.9. The molecule has 142 valence electrons. The first-order valence-electron chi connectivity index (χ1n) is 8.89. The molecule has 0 atom stereocenters. The van der Waals surface area contributed by atoms with Crippen LogP contribution in [0.1, 0.15) is 24.5 Å². The smallest absolute Gasteiger partial charge is 0.307 e. The van der Waals surface area contributed by atoms with E-state index in [0.717, 1.165) is 33.0 Å². The monoisotopic (exact) mass is 393 g/mol. The highest BCUT2D eigenvalue weighted by Crippen LogP contribution is 2.36. The van der Waals surface area contributed by atoms with Gasteiger partial charge < -0.3 is 5.11 Å². The lowest BCUT2D eigenvalue weighted by atomic mass is 10.0. The summed E-state index contributed by atoms with van der Waals surface area (Å²) in [6.45, 7) is 1.91. The molecule has 3 aromatic carbocycles. The van der Waals surface area contributed by atoms with Gasteiger partial charge in [-0.3, -0.25) is 9.52 Å². The van der Waals surface area contributed by atoms with Gasteiger partial charge in [-0.15, -0.1) is 0 Å². The molecule has 6 heteroatoms. The lowest BCUT2D eigenvalue weighted by molar-refractivity contribution is -0.135. The molecule has 28 heavy (non-hydrogen) atoms. The number of sulfonamides is 1. The Morgan fingerprint density at radius 2 is 1.79 bits per heavy atom. The van der Waals surface area contributed by atoms with Crippen molar-refractivity contribution in [1.29, 1.82) is 0 Å². The van der Waals surface area contributed by atoms with Gasteiger partial charge in [-0.05, 0) is 65.1 Å². The highest BCUT2D eigenvalue weighted by Gasteiger charge is 2.22. The number of rotatable bonds is 5. The molecule has 0 unspecified atom stereocenters. The summed E-state index contributed by atoms with van der Waals surface area (Å²) in [4.78, 5) is 11.4. The van der Waals surface area contributed by atoms with Gasteiger partial charge >= 0.3 is 5.97 Å². The fraction of sp³-hybridized carbons (Fsp3) is 0.136. The van der Waals surface area contributed by atoms with Gasteiger partial charge in [0.25, 0.3) is 10.0 Å². The number of hydrogen-bond acceptors (Lipinski definition) is 3. The zero-order valence-corrected chi connectivity index (χ0v) is 16.1. The second kappa shape index (κ2) is 6.80. The topological polar surface area (TPSA) is 83.5 Å². The van der Waals surface area contributed by atoms with E-state index in [9.17, 15) is 13.2 Å². The van der Waals surface area contributed by atoms with E-state index in [4.69, 9.17) is 5.11 Å². The summed E-state index contributed by atoms with van der Waals surface area (Å²) < 4.78 is 28.3. The number of carboxylic acids is 1. The van der Waals surface area contributed by atoms with Crippen LogP contribution in [0.3, 0.4) is 0 Å². The van der Waals surface area contributed by atoms with Crippen molar-refractivity contribution < 1.29 is 18.3 Å². The Kier molecular flexibility index (Phi) is 4.43. The number of benzene rings is 3. The largest absolute Gasteiger partial charge is 0.481 e. The van der Waals surface area contributed by atoms with E-state index in [2.05, 4.69) is 4.72 Å². The first-order valence-corrected chi connectivity index (χ1v) is 10.4. The van der Waals surface area contributed by atoms with Crippen molar-refractivity contribution in [2.24, 2.45) is 0 Å². The number of aliphatic carboxylic acids is 1. The number of carbonyl (C=O) groups is 1. The summed E-state index contributed by atoms with van der Waals surface area (Å²) in [7, 11) is -3.76. The normalized spacial score (nSPS) is 13.6. The Hall–Kier alpha value is -3.12. The second-order valence-electron chi connectivity index (χ2n) is 6.99. The fourth-order valence-corrected chi connectivity index (χ4v) is 4.73. The van der Waals surface area contributed by atoms with Crippen LogP contribution in [0.2, 0.25) is 0 Å². The van der Waals surface area contributed by atoms with Crippen LogP contribution in [-0.4, -0.2) is 19.5 Å². The molecule has 0 amide bonds. The summed E-state index contributed by atoms with van der Waals surface area (Å²) in [6, 6.07) is 17.9. The van der Waals surface area contributed by atoms with Crippen LogP contribution in [0.25, 0.3) is 16.3 Å². The average Bonchev–Trinajstić information content (AvgIpc) is 2.95. The number of nitrogens with one attached hydrogen (secondary N) is 1. The SMILES string of the molecule is CC1=C(CC(=O)O)c2cc(NS(=O)(=O)c3ccc4ccccc4c3)ccc2C1. The van der Waals surface area contributed by atoms with Gasteiger partial charge in [0, 0.05) is 5.69 Å². The van der Waals surface area contributed by atoms with E-state index < -0.39 is 16.0 Å². The van der Waals surface area contributed by atoms with Gasteiger partial charge in [0.1, 0.15) is 0 Å². The van der Waals surface area contributed by atoms with Gasteiger partial charge in [-0.25, -0.2) is 8.42 Å². The molecular weight excluding hydrogens is 374 g/mol. The molecule has 0 heterocycles. The molecule has 2 N–H and O–H groups in total. The van der Waals surface area contributed by atoms with E-state index in [1.165, 1.54) is 0 Å². The highest BCUT2D eigenvalue weighted by molar-refractivity contribution is 7.92. The van der Waals surface area contributed by atoms with E-state index >= 15 is 0 Å². The Labute approximate surface area is 163 Å². The molecule has 3 aromatic rings. The van der Waals surface area contributed by atoms with Crippen molar-refractivity contribution >= 4 is 38.0 Å². The van der Waals surface area contributed by atoms with E-state index in [-0.39, 0.29) is 11.3 Å². The maximum absolute atomic E-state index is 12.9. The molecule has 1 aliphatic rings. The van der Waals surface area contributed by atoms with Crippen molar-refractivity contribution in [1.82, 2.24) is 0 Å². The van der Waals surface area contributed by atoms with Crippen LogP contribution < -0.4 is 4.72 Å².